The van der Waals surface area contributed by atoms with E-state index in [-0.39, 0.29) is 17.3 Å². The molecule has 0 aliphatic heterocycles. The number of benzene rings is 3. The number of anilines is 1. The lowest BCUT2D eigenvalue weighted by atomic mass is 10.1. The SMILES string of the molecule is CCOc1ccc(C(=O)Nc2ccc(C)c(Cl)c2)cc1CN(C)S(=O)(=O)c1ccccc1. The van der Waals surface area contributed by atoms with Crippen molar-refractivity contribution in [2.75, 3.05) is 19.0 Å². The maximum absolute atomic E-state index is 12.9. The molecule has 0 heterocycles. The maximum atomic E-state index is 12.9. The van der Waals surface area contributed by atoms with E-state index in [0.29, 0.717) is 34.2 Å². The summed E-state index contributed by atoms with van der Waals surface area (Å²) in [5.41, 5.74) is 2.45. The number of carbonyl (C=O) groups excluding carboxylic acids is 1. The maximum Gasteiger partial charge on any atom is 0.255 e. The molecule has 6 nitrogen and oxygen atoms in total. The van der Waals surface area contributed by atoms with Crippen LogP contribution in [-0.4, -0.2) is 32.3 Å². The monoisotopic (exact) mass is 472 g/mol. The second kappa shape index (κ2) is 10.2. The minimum atomic E-state index is -3.70. The van der Waals surface area contributed by atoms with E-state index in [9.17, 15) is 13.2 Å². The molecule has 0 fully saturated rings. The van der Waals surface area contributed by atoms with Gasteiger partial charge in [0.05, 0.1) is 11.5 Å². The van der Waals surface area contributed by atoms with Gasteiger partial charge in [-0.05, 0) is 61.9 Å². The molecule has 0 atom stereocenters. The lowest BCUT2D eigenvalue weighted by Crippen LogP contribution is -2.27. The largest absolute Gasteiger partial charge is 0.494 e. The highest BCUT2D eigenvalue weighted by atomic mass is 35.5. The Morgan fingerprint density at radius 3 is 2.44 bits per heavy atom. The number of sulfonamides is 1. The Morgan fingerprint density at radius 2 is 1.78 bits per heavy atom. The molecule has 1 amide bonds. The third-order valence-corrected chi connectivity index (χ3v) is 7.12. The van der Waals surface area contributed by atoms with Gasteiger partial charge in [0, 0.05) is 35.4 Å². The molecule has 32 heavy (non-hydrogen) atoms. The average Bonchev–Trinajstić information content (AvgIpc) is 2.78. The first-order chi connectivity index (χ1) is 15.2. The Balaban J connectivity index is 1.87. The number of amides is 1. The molecular formula is C24H25ClN2O4S. The molecule has 3 rings (SSSR count). The number of ether oxygens (including phenoxy) is 1. The second-order valence-corrected chi connectivity index (χ2v) is 9.70. The number of halogens is 1. The average molecular weight is 473 g/mol. The summed E-state index contributed by atoms with van der Waals surface area (Å²) < 4.78 is 32.7. The van der Waals surface area contributed by atoms with Crippen LogP contribution in [0.4, 0.5) is 5.69 Å². The molecule has 1 N–H and O–H groups in total. The first-order valence-corrected chi connectivity index (χ1v) is 11.9. The number of rotatable bonds is 8. The van der Waals surface area contributed by atoms with E-state index >= 15 is 0 Å². The summed E-state index contributed by atoms with van der Waals surface area (Å²) in [7, 11) is -2.20. The zero-order valence-corrected chi connectivity index (χ0v) is 19.7. The lowest BCUT2D eigenvalue weighted by molar-refractivity contribution is 0.102. The Kier molecular flexibility index (Phi) is 7.56. The van der Waals surface area contributed by atoms with Crippen LogP contribution in [0.15, 0.2) is 71.6 Å². The fraction of sp³-hybridized carbons (Fsp3) is 0.208. The summed E-state index contributed by atoms with van der Waals surface area (Å²) >= 11 is 6.14. The van der Waals surface area contributed by atoms with Gasteiger partial charge in [-0.2, -0.15) is 4.31 Å². The van der Waals surface area contributed by atoms with Gasteiger partial charge >= 0.3 is 0 Å². The number of aryl methyl sites for hydroxylation is 1. The van der Waals surface area contributed by atoms with E-state index in [1.807, 2.05) is 19.9 Å². The van der Waals surface area contributed by atoms with Crippen molar-refractivity contribution in [3.63, 3.8) is 0 Å². The highest BCUT2D eigenvalue weighted by molar-refractivity contribution is 7.89. The van der Waals surface area contributed by atoms with E-state index in [1.54, 1.807) is 60.7 Å². The van der Waals surface area contributed by atoms with Crippen LogP contribution < -0.4 is 10.1 Å². The van der Waals surface area contributed by atoms with Crippen LogP contribution >= 0.6 is 11.6 Å². The fourth-order valence-electron chi connectivity index (χ4n) is 3.11. The summed E-state index contributed by atoms with van der Waals surface area (Å²) in [6.45, 7) is 4.18. The first kappa shape index (κ1) is 23.8. The van der Waals surface area contributed by atoms with Gasteiger partial charge in [-0.1, -0.05) is 35.9 Å². The van der Waals surface area contributed by atoms with Crippen molar-refractivity contribution in [2.24, 2.45) is 0 Å². The smallest absolute Gasteiger partial charge is 0.255 e. The predicted molar refractivity (Wildman–Crippen MR) is 127 cm³/mol. The summed E-state index contributed by atoms with van der Waals surface area (Å²) in [6.07, 6.45) is 0. The molecule has 0 aromatic heterocycles. The number of hydrogen-bond donors (Lipinski definition) is 1. The zero-order valence-electron chi connectivity index (χ0n) is 18.1. The van der Waals surface area contributed by atoms with Crippen molar-refractivity contribution < 1.29 is 17.9 Å². The molecule has 0 bridgehead atoms. The highest BCUT2D eigenvalue weighted by Gasteiger charge is 2.22. The minimum absolute atomic E-state index is 0.0457. The van der Waals surface area contributed by atoms with Crippen LogP contribution in [0.2, 0.25) is 5.02 Å². The fourth-order valence-corrected chi connectivity index (χ4v) is 4.46. The Morgan fingerprint density at radius 1 is 1.06 bits per heavy atom. The van der Waals surface area contributed by atoms with Gasteiger partial charge in [0.25, 0.3) is 5.91 Å². The normalized spacial score (nSPS) is 11.4. The van der Waals surface area contributed by atoms with Gasteiger partial charge in [-0.15, -0.1) is 0 Å². The Hall–Kier alpha value is -2.87. The Bertz CT molecular complexity index is 1210. The van der Waals surface area contributed by atoms with E-state index in [1.165, 1.54) is 11.4 Å². The molecule has 3 aromatic carbocycles. The number of carbonyl (C=O) groups is 1. The standard InChI is InChI=1S/C24H25ClN2O4S/c1-4-31-23-13-11-18(24(28)26-20-12-10-17(2)22(25)15-20)14-19(23)16-27(3)32(29,30)21-8-6-5-7-9-21/h5-15H,4,16H2,1-3H3,(H,26,28). The van der Waals surface area contributed by atoms with Gasteiger partial charge in [-0.25, -0.2) is 8.42 Å². The summed E-state index contributed by atoms with van der Waals surface area (Å²) in [6, 6.07) is 18.5. The summed E-state index contributed by atoms with van der Waals surface area (Å²) in [5.74, 6) is 0.195. The molecule has 0 aliphatic carbocycles. The quantitative estimate of drug-likeness (QED) is 0.493. The van der Waals surface area contributed by atoms with Crippen molar-refractivity contribution in [3.05, 3.63) is 88.4 Å². The van der Waals surface area contributed by atoms with Gasteiger partial charge in [0.2, 0.25) is 10.0 Å². The van der Waals surface area contributed by atoms with Crippen molar-refractivity contribution in [1.82, 2.24) is 4.31 Å². The van der Waals surface area contributed by atoms with Crippen LogP contribution in [0.5, 0.6) is 5.75 Å². The van der Waals surface area contributed by atoms with Crippen LogP contribution in [0, 0.1) is 6.92 Å². The highest BCUT2D eigenvalue weighted by Crippen LogP contribution is 2.26. The molecule has 8 heteroatoms. The number of hydrogen-bond acceptors (Lipinski definition) is 4. The van der Waals surface area contributed by atoms with E-state index < -0.39 is 10.0 Å². The topological polar surface area (TPSA) is 75.7 Å². The van der Waals surface area contributed by atoms with Crippen LogP contribution in [0.3, 0.4) is 0 Å². The molecular weight excluding hydrogens is 448 g/mol. The lowest BCUT2D eigenvalue weighted by Gasteiger charge is -2.20. The molecule has 0 saturated carbocycles. The zero-order chi connectivity index (χ0) is 23.3. The van der Waals surface area contributed by atoms with E-state index in [4.69, 9.17) is 16.3 Å². The van der Waals surface area contributed by atoms with E-state index in [0.717, 1.165) is 5.56 Å². The van der Waals surface area contributed by atoms with Crippen LogP contribution in [0.1, 0.15) is 28.4 Å². The van der Waals surface area contributed by atoms with Crippen molar-refractivity contribution in [1.29, 1.82) is 0 Å². The second-order valence-electron chi connectivity index (χ2n) is 7.25. The van der Waals surface area contributed by atoms with Gasteiger partial charge in [0.1, 0.15) is 5.75 Å². The van der Waals surface area contributed by atoms with Crippen LogP contribution in [0.25, 0.3) is 0 Å². The molecule has 0 spiro atoms. The summed E-state index contributed by atoms with van der Waals surface area (Å²) in [4.78, 5) is 13.0. The van der Waals surface area contributed by atoms with Crippen molar-refractivity contribution in [3.8, 4) is 5.75 Å². The van der Waals surface area contributed by atoms with Crippen LogP contribution in [-0.2, 0) is 16.6 Å². The molecule has 168 valence electrons. The van der Waals surface area contributed by atoms with Crippen molar-refractivity contribution >= 4 is 33.2 Å². The molecule has 0 saturated heterocycles. The molecule has 3 aromatic rings. The number of nitrogens with one attached hydrogen (secondary N) is 1. The van der Waals surface area contributed by atoms with E-state index in [2.05, 4.69) is 5.32 Å². The Labute approximate surface area is 193 Å². The number of nitrogens with zero attached hydrogens (tertiary/aromatic N) is 1. The van der Waals surface area contributed by atoms with Gasteiger partial charge in [-0.3, -0.25) is 4.79 Å². The van der Waals surface area contributed by atoms with Crippen molar-refractivity contribution in [2.45, 2.75) is 25.3 Å². The molecule has 0 unspecified atom stereocenters. The first-order valence-electron chi connectivity index (χ1n) is 10.1. The minimum Gasteiger partial charge on any atom is -0.494 e. The van der Waals surface area contributed by atoms with Gasteiger partial charge < -0.3 is 10.1 Å². The third kappa shape index (κ3) is 5.48. The summed E-state index contributed by atoms with van der Waals surface area (Å²) in [5, 5.41) is 3.38. The predicted octanol–water partition coefficient (Wildman–Crippen LogP) is 5.12. The molecule has 0 radical (unpaired) electrons. The third-order valence-electron chi connectivity index (χ3n) is 4.90. The van der Waals surface area contributed by atoms with Gasteiger partial charge in [0.15, 0.2) is 0 Å². The molecule has 0 aliphatic rings.